The highest BCUT2D eigenvalue weighted by Gasteiger charge is 2.53. The summed E-state index contributed by atoms with van der Waals surface area (Å²) < 4.78 is 22.8. The van der Waals surface area contributed by atoms with Gasteiger partial charge in [0, 0.05) is 6.54 Å². The van der Waals surface area contributed by atoms with Gasteiger partial charge in [-0.2, -0.15) is 0 Å². The van der Waals surface area contributed by atoms with Crippen molar-refractivity contribution < 1.29 is 33.0 Å². The van der Waals surface area contributed by atoms with E-state index in [-0.39, 0.29) is 35.8 Å². The van der Waals surface area contributed by atoms with Crippen LogP contribution in [0.5, 0.6) is 5.75 Å². The van der Waals surface area contributed by atoms with Crippen molar-refractivity contribution in [2.24, 2.45) is 0 Å². The van der Waals surface area contributed by atoms with E-state index in [0.717, 1.165) is 10.9 Å². The van der Waals surface area contributed by atoms with Gasteiger partial charge >= 0.3 is 5.97 Å². The van der Waals surface area contributed by atoms with Crippen molar-refractivity contribution in [3.8, 4) is 5.75 Å². The van der Waals surface area contributed by atoms with Crippen LogP contribution < -0.4 is 15.4 Å². The Morgan fingerprint density at radius 2 is 1.79 bits per heavy atom. The van der Waals surface area contributed by atoms with E-state index in [9.17, 15) is 14.4 Å². The number of rotatable bonds is 11. The summed E-state index contributed by atoms with van der Waals surface area (Å²) in [5, 5.41) is 6.98. The zero-order valence-corrected chi connectivity index (χ0v) is 25.5. The molecule has 9 nitrogen and oxygen atoms in total. The number of hydrogen-bond donors (Lipinski definition) is 2. The number of carbonyl (C=O) groups excluding carboxylic acids is 3. The Labute approximate surface area is 232 Å². The molecule has 0 radical (unpaired) electrons. The van der Waals surface area contributed by atoms with Crippen molar-refractivity contribution in [2.75, 3.05) is 26.8 Å². The molecule has 3 rings (SSSR count). The monoisotopic (exact) mass is 558 g/mol. The van der Waals surface area contributed by atoms with Gasteiger partial charge in [0.05, 0.1) is 31.9 Å². The van der Waals surface area contributed by atoms with Gasteiger partial charge in [0.1, 0.15) is 11.4 Å². The molecule has 0 saturated carbocycles. The van der Waals surface area contributed by atoms with Crippen LogP contribution in [0.2, 0.25) is 18.1 Å². The smallest absolute Gasteiger partial charge is 0.339 e. The second-order valence-electron chi connectivity index (χ2n) is 11.9. The molecule has 39 heavy (non-hydrogen) atoms. The Balaban J connectivity index is 1.64. The highest BCUT2D eigenvalue weighted by atomic mass is 28.4. The SMILES string of the molecule is COc1cc(C(=O)O[C@H](C(=O)NCC(=O)NC[C@@H](C)O[Si](C)(C)C(C)(C)C)[C@@]2(C)CO2)c2cccc(C)c2c1. The molecule has 2 N–H and O–H groups in total. The quantitative estimate of drug-likeness (QED) is 0.242. The molecule has 214 valence electrons. The molecule has 3 atom stereocenters. The van der Waals surface area contributed by atoms with Gasteiger partial charge < -0.3 is 29.3 Å². The molecular formula is C29H42N2O7Si. The Hall–Kier alpha value is -2.95. The van der Waals surface area contributed by atoms with E-state index < -0.39 is 31.9 Å². The van der Waals surface area contributed by atoms with Crippen molar-refractivity contribution in [1.82, 2.24) is 10.6 Å². The fraction of sp³-hybridized carbons (Fsp3) is 0.552. The molecule has 0 bridgehead atoms. The van der Waals surface area contributed by atoms with Crippen LogP contribution in [0.15, 0.2) is 30.3 Å². The lowest BCUT2D eigenvalue weighted by atomic mass is 10.00. The molecule has 0 spiro atoms. The minimum atomic E-state index is -1.97. The van der Waals surface area contributed by atoms with Crippen molar-refractivity contribution >= 4 is 36.9 Å². The number of ether oxygens (including phenoxy) is 3. The molecule has 1 saturated heterocycles. The molecule has 1 aliphatic rings. The van der Waals surface area contributed by atoms with E-state index in [1.165, 1.54) is 7.11 Å². The van der Waals surface area contributed by atoms with Crippen LogP contribution >= 0.6 is 0 Å². The number of benzene rings is 2. The third-order valence-corrected chi connectivity index (χ3v) is 12.2. The summed E-state index contributed by atoms with van der Waals surface area (Å²) in [4.78, 5) is 38.9. The topological polar surface area (TPSA) is 115 Å². The number of esters is 1. The van der Waals surface area contributed by atoms with Gasteiger partial charge in [0.25, 0.3) is 5.91 Å². The van der Waals surface area contributed by atoms with Crippen LogP contribution in [0.3, 0.4) is 0 Å². The summed E-state index contributed by atoms with van der Waals surface area (Å²) in [6, 6.07) is 9.07. The summed E-state index contributed by atoms with van der Waals surface area (Å²) in [5.41, 5.74) is 0.289. The number of epoxide rings is 1. The first kappa shape index (κ1) is 30.6. The van der Waals surface area contributed by atoms with Crippen LogP contribution in [0, 0.1) is 6.92 Å². The predicted octanol–water partition coefficient (Wildman–Crippen LogP) is 4.11. The third kappa shape index (κ3) is 7.37. The average molecular weight is 559 g/mol. The van der Waals surface area contributed by atoms with E-state index in [4.69, 9.17) is 18.6 Å². The predicted molar refractivity (Wildman–Crippen MR) is 153 cm³/mol. The van der Waals surface area contributed by atoms with Crippen molar-refractivity contribution in [1.29, 1.82) is 0 Å². The molecule has 2 aromatic rings. The zero-order chi connectivity index (χ0) is 29.2. The zero-order valence-electron chi connectivity index (χ0n) is 24.5. The number of nitrogens with one attached hydrogen (secondary N) is 2. The minimum Gasteiger partial charge on any atom is -0.497 e. The first-order valence-corrected chi connectivity index (χ1v) is 16.1. The standard InChI is InChI=1S/C29H42N2O7Si/c1-18-11-10-12-21-22(18)13-20(35-7)14-23(21)27(34)37-25(29(6)17-36-29)26(33)31-16-24(32)30-15-19(2)38-39(8,9)28(3,4)5/h10-14,19,25H,15-17H2,1-9H3,(H,30,32)(H,31,33)/t19-,25-,29-/m1/s1. The lowest BCUT2D eigenvalue weighted by Gasteiger charge is -2.38. The molecule has 1 fully saturated rings. The van der Waals surface area contributed by atoms with Crippen LogP contribution in [-0.4, -0.2) is 70.7 Å². The molecule has 0 aliphatic carbocycles. The number of amides is 2. The molecular weight excluding hydrogens is 516 g/mol. The lowest BCUT2D eigenvalue weighted by molar-refractivity contribution is -0.135. The van der Waals surface area contributed by atoms with Crippen LogP contribution in [0.1, 0.15) is 50.5 Å². The van der Waals surface area contributed by atoms with E-state index in [0.29, 0.717) is 17.7 Å². The van der Waals surface area contributed by atoms with Gasteiger partial charge in [-0.15, -0.1) is 0 Å². The van der Waals surface area contributed by atoms with Gasteiger partial charge in [0.2, 0.25) is 12.0 Å². The van der Waals surface area contributed by atoms with E-state index in [2.05, 4.69) is 44.5 Å². The normalized spacial score (nSPS) is 18.7. The molecule has 2 aromatic carbocycles. The molecule has 1 aliphatic heterocycles. The van der Waals surface area contributed by atoms with E-state index in [1.54, 1.807) is 13.0 Å². The Kier molecular flexibility index (Phi) is 9.14. The summed E-state index contributed by atoms with van der Waals surface area (Å²) in [7, 11) is -0.444. The Bertz CT molecular complexity index is 1230. The molecule has 1 heterocycles. The number of methoxy groups -OCH3 is 1. The average Bonchev–Trinajstić information content (AvgIpc) is 3.61. The van der Waals surface area contributed by atoms with Crippen LogP contribution in [-0.2, 0) is 23.5 Å². The first-order chi connectivity index (χ1) is 18.1. The number of aryl methyl sites for hydroxylation is 1. The summed E-state index contributed by atoms with van der Waals surface area (Å²) >= 11 is 0. The van der Waals surface area contributed by atoms with Crippen molar-refractivity contribution in [2.45, 2.75) is 77.5 Å². The van der Waals surface area contributed by atoms with Crippen LogP contribution in [0.4, 0.5) is 0 Å². The fourth-order valence-corrected chi connectivity index (χ4v) is 5.43. The van der Waals surface area contributed by atoms with Gasteiger partial charge in [-0.25, -0.2) is 4.79 Å². The highest BCUT2D eigenvalue weighted by molar-refractivity contribution is 6.74. The van der Waals surface area contributed by atoms with Gasteiger partial charge in [0.15, 0.2) is 8.32 Å². The minimum absolute atomic E-state index is 0.0582. The number of carbonyl (C=O) groups is 3. The highest BCUT2D eigenvalue weighted by Crippen LogP contribution is 2.37. The number of fused-ring (bicyclic) bond motifs is 1. The summed E-state index contributed by atoms with van der Waals surface area (Å²) in [6.45, 7) is 16.7. The van der Waals surface area contributed by atoms with Gasteiger partial charge in [-0.1, -0.05) is 39.0 Å². The van der Waals surface area contributed by atoms with Gasteiger partial charge in [-0.3, -0.25) is 9.59 Å². The molecule has 0 aromatic heterocycles. The van der Waals surface area contributed by atoms with E-state index >= 15 is 0 Å². The first-order valence-electron chi connectivity index (χ1n) is 13.2. The fourth-order valence-electron chi connectivity index (χ4n) is 3.99. The number of hydrogen-bond acceptors (Lipinski definition) is 7. The Morgan fingerprint density at radius 1 is 1.13 bits per heavy atom. The lowest BCUT2D eigenvalue weighted by Crippen LogP contribution is -2.50. The molecule has 10 heteroatoms. The van der Waals surface area contributed by atoms with Crippen molar-refractivity contribution in [3.63, 3.8) is 0 Å². The maximum atomic E-state index is 13.3. The summed E-state index contributed by atoms with van der Waals surface area (Å²) in [5.74, 6) is -1.15. The second-order valence-corrected chi connectivity index (χ2v) is 16.7. The van der Waals surface area contributed by atoms with Crippen molar-refractivity contribution in [3.05, 3.63) is 41.5 Å². The van der Waals surface area contributed by atoms with Crippen LogP contribution in [0.25, 0.3) is 10.8 Å². The third-order valence-electron chi connectivity index (χ3n) is 7.57. The summed E-state index contributed by atoms with van der Waals surface area (Å²) in [6.07, 6.45) is -1.40. The largest absolute Gasteiger partial charge is 0.497 e. The maximum absolute atomic E-state index is 13.3. The maximum Gasteiger partial charge on any atom is 0.339 e. The van der Waals surface area contributed by atoms with Gasteiger partial charge in [-0.05, 0) is 67.4 Å². The van der Waals surface area contributed by atoms with E-state index in [1.807, 2.05) is 38.1 Å². The molecule has 2 amide bonds. The molecule has 0 unspecified atom stereocenters. The second kappa shape index (κ2) is 11.7. The Morgan fingerprint density at radius 3 is 2.38 bits per heavy atom.